The molecule has 2 atom stereocenters. The van der Waals surface area contributed by atoms with E-state index >= 15 is 0 Å². The number of hydrogen-bond donors (Lipinski definition) is 2. The molecular weight excluding hydrogens is 448 g/mol. The molecule has 0 saturated carbocycles. The van der Waals surface area contributed by atoms with Crippen LogP contribution in [0.4, 0.5) is 4.79 Å². The lowest BCUT2D eigenvalue weighted by Crippen LogP contribution is -2.36. The number of nitrogens with zero attached hydrogens (tertiary/aromatic N) is 1. The van der Waals surface area contributed by atoms with Crippen LogP contribution >= 0.6 is 0 Å². The van der Waals surface area contributed by atoms with Gasteiger partial charge in [0.2, 0.25) is 5.91 Å². The zero-order valence-electron chi connectivity index (χ0n) is 20.2. The van der Waals surface area contributed by atoms with Gasteiger partial charge in [0.25, 0.3) is 0 Å². The standard InChI is InChI=1S/C27H32N2O6/c1-18-15-29(17-27(18,2)25(31)32)24(30)11-13-34-14-12-28-26(33)35-16-23-21-9-5-3-7-19(21)20-8-4-6-10-22(20)23/h3-10,18,23H,11-17H2,1-2H3,(H,28,33)(H,31,32). The first-order valence-corrected chi connectivity index (χ1v) is 12.0. The molecule has 4 rings (SSSR count). The summed E-state index contributed by atoms with van der Waals surface area (Å²) in [4.78, 5) is 37.7. The number of likely N-dealkylation sites (tertiary alicyclic amines) is 1. The Morgan fingerprint density at radius 3 is 2.29 bits per heavy atom. The van der Waals surface area contributed by atoms with E-state index in [2.05, 4.69) is 29.6 Å². The molecule has 186 valence electrons. The summed E-state index contributed by atoms with van der Waals surface area (Å²) in [6.07, 6.45) is -0.335. The minimum absolute atomic E-state index is 0.00621. The number of carbonyl (C=O) groups is 3. The summed E-state index contributed by atoms with van der Waals surface area (Å²) in [5, 5.41) is 12.1. The first-order chi connectivity index (χ1) is 16.8. The number of fused-ring (bicyclic) bond motifs is 3. The van der Waals surface area contributed by atoms with Crippen molar-refractivity contribution in [3.05, 3.63) is 59.7 Å². The van der Waals surface area contributed by atoms with Crippen LogP contribution in [0.25, 0.3) is 11.1 Å². The first kappa shape index (κ1) is 24.7. The number of hydrogen-bond acceptors (Lipinski definition) is 5. The summed E-state index contributed by atoms with van der Waals surface area (Å²) in [5.74, 6) is -1.10. The fourth-order valence-corrected chi connectivity index (χ4v) is 4.91. The van der Waals surface area contributed by atoms with Crippen molar-refractivity contribution in [2.75, 3.05) is 39.5 Å². The smallest absolute Gasteiger partial charge is 0.407 e. The Morgan fingerprint density at radius 2 is 1.69 bits per heavy atom. The number of alkyl carbamates (subject to hydrolysis) is 1. The molecule has 1 aliphatic heterocycles. The topological polar surface area (TPSA) is 105 Å². The van der Waals surface area contributed by atoms with Crippen molar-refractivity contribution in [3.63, 3.8) is 0 Å². The van der Waals surface area contributed by atoms with E-state index in [0.29, 0.717) is 6.54 Å². The number of nitrogens with one attached hydrogen (secondary N) is 1. The minimum Gasteiger partial charge on any atom is -0.481 e. The molecule has 1 aliphatic carbocycles. The lowest BCUT2D eigenvalue weighted by Gasteiger charge is -2.22. The number of carbonyl (C=O) groups excluding carboxylic acids is 2. The molecule has 2 amide bonds. The Kier molecular flexibility index (Phi) is 7.40. The van der Waals surface area contributed by atoms with Crippen molar-refractivity contribution in [3.8, 4) is 11.1 Å². The van der Waals surface area contributed by atoms with Gasteiger partial charge < -0.3 is 24.8 Å². The van der Waals surface area contributed by atoms with E-state index in [1.807, 2.05) is 31.2 Å². The normalized spacial score (nSPS) is 20.9. The van der Waals surface area contributed by atoms with E-state index in [1.165, 1.54) is 11.1 Å². The Morgan fingerprint density at radius 1 is 1.06 bits per heavy atom. The molecule has 8 heteroatoms. The van der Waals surface area contributed by atoms with E-state index in [0.717, 1.165) is 11.1 Å². The summed E-state index contributed by atoms with van der Waals surface area (Å²) < 4.78 is 11.0. The Labute approximate surface area is 205 Å². The van der Waals surface area contributed by atoms with Gasteiger partial charge in [-0.15, -0.1) is 0 Å². The number of benzene rings is 2. The number of carboxylic acid groups (broad SMARTS) is 1. The molecule has 2 aromatic carbocycles. The van der Waals surface area contributed by atoms with Crippen LogP contribution in [0.2, 0.25) is 0 Å². The van der Waals surface area contributed by atoms with Crippen molar-refractivity contribution in [2.24, 2.45) is 11.3 Å². The molecule has 2 aromatic rings. The van der Waals surface area contributed by atoms with Crippen LogP contribution in [0, 0.1) is 11.3 Å². The highest BCUT2D eigenvalue weighted by Gasteiger charge is 2.47. The van der Waals surface area contributed by atoms with Gasteiger partial charge in [-0.1, -0.05) is 55.5 Å². The van der Waals surface area contributed by atoms with Crippen LogP contribution in [-0.2, 0) is 19.1 Å². The first-order valence-electron chi connectivity index (χ1n) is 12.0. The molecular formula is C27H32N2O6. The second-order valence-electron chi connectivity index (χ2n) is 9.51. The third-order valence-corrected chi connectivity index (χ3v) is 7.26. The number of carboxylic acids is 1. The summed E-state index contributed by atoms with van der Waals surface area (Å²) in [7, 11) is 0. The Bertz CT molecular complexity index is 1060. The SMILES string of the molecule is CC1CN(C(=O)CCOCCNC(=O)OCC2c3ccccc3-c3ccccc32)CC1(C)C(=O)O. The third-order valence-electron chi connectivity index (χ3n) is 7.26. The third kappa shape index (κ3) is 5.17. The fraction of sp³-hybridized carbons (Fsp3) is 0.444. The molecule has 2 aliphatic rings. The predicted octanol–water partition coefficient (Wildman–Crippen LogP) is 3.50. The number of rotatable bonds is 9. The maximum Gasteiger partial charge on any atom is 0.407 e. The molecule has 2 unspecified atom stereocenters. The van der Waals surface area contributed by atoms with Gasteiger partial charge in [-0.05, 0) is 35.1 Å². The molecule has 35 heavy (non-hydrogen) atoms. The Balaban J connectivity index is 1.14. The van der Waals surface area contributed by atoms with Crippen molar-refractivity contribution >= 4 is 18.0 Å². The van der Waals surface area contributed by atoms with Crippen LogP contribution < -0.4 is 5.32 Å². The van der Waals surface area contributed by atoms with E-state index in [1.54, 1.807) is 11.8 Å². The predicted molar refractivity (Wildman–Crippen MR) is 130 cm³/mol. The zero-order chi connectivity index (χ0) is 25.0. The van der Waals surface area contributed by atoms with Gasteiger partial charge in [0, 0.05) is 25.6 Å². The van der Waals surface area contributed by atoms with Crippen LogP contribution in [0.1, 0.15) is 37.3 Å². The molecule has 0 bridgehead atoms. The molecule has 0 aromatic heterocycles. The van der Waals surface area contributed by atoms with E-state index in [9.17, 15) is 19.5 Å². The van der Waals surface area contributed by atoms with Crippen LogP contribution in [0.3, 0.4) is 0 Å². The highest BCUT2D eigenvalue weighted by molar-refractivity contribution is 5.81. The highest BCUT2D eigenvalue weighted by Crippen LogP contribution is 2.44. The monoisotopic (exact) mass is 480 g/mol. The molecule has 1 saturated heterocycles. The molecule has 0 radical (unpaired) electrons. The average molecular weight is 481 g/mol. The molecule has 1 fully saturated rings. The molecule has 8 nitrogen and oxygen atoms in total. The summed E-state index contributed by atoms with van der Waals surface area (Å²) in [6, 6.07) is 16.3. The van der Waals surface area contributed by atoms with Gasteiger partial charge >= 0.3 is 12.1 Å². The van der Waals surface area contributed by atoms with Crippen LogP contribution in [0.15, 0.2) is 48.5 Å². The number of ether oxygens (including phenoxy) is 2. The summed E-state index contributed by atoms with van der Waals surface area (Å²) in [6.45, 7) is 5.16. The fourth-order valence-electron chi connectivity index (χ4n) is 4.91. The van der Waals surface area contributed by atoms with Crippen molar-refractivity contribution in [2.45, 2.75) is 26.2 Å². The van der Waals surface area contributed by atoms with Crippen molar-refractivity contribution in [1.29, 1.82) is 0 Å². The minimum atomic E-state index is -0.913. The molecule has 1 heterocycles. The average Bonchev–Trinajstić information content (AvgIpc) is 3.34. The summed E-state index contributed by atoms with van der Waals surface area (Å²) in [5.41, 5.74) is 3.76. The van der Waals surface area contributed by atoms with E-state index in [4.69, 9.17) is 9.47 Å². The van der Waals surface area contributed by atoms with Crippen LogP contribution in [-0.4, -0.2) is 67.4 Å². The molecule has 0 spiro atoms. The van der Waals surface area contributed by atoms with Crippen LogP contribution in [0.5, 0.6) is 0 Å². The molecule has 2 N–H and O–H groups in total. The number of aliphatic carboxylic acids is 1. The van der Waals surface area contributed by atoms with Gasteiger partial charge in [0.05, 0.1) is 25.0 Å². The zero-order valence-corrected chi connectivity index (χ0v) is 20.2. The second kappa shape index (κ2) is 10.5. The Hall–Kier alpha value is -3.39. The van der Waals surface area contributed by atoms with Crippen molar-refractivity contribution in [1.82, 2.24) is 10.2 Å². The van der Waals surface area contributed by atoms with Gasteiger partial charge in [-0.2, -0.15) is 0 Å². The maximum atomic E-state index is 12.4. The van der Waals surface area contributed by atoms with Gasteiger partial charge in [0.15, 0.2) is 0 Å². The second-order valence-corrected chi connectivity index (χ2v) is 9.51. The van der Waals surface area contributed by atoms with Gasteiger partial charge in [0.1, 0.15) is 6.61 Å². The highest BCUT2D eigenvalue weighted by atomic mass is 16.5. The van der Waals surface area contributed by atoms with Gasteiger partial charge in [-0.25, -0.2) is 4.79 Å². The maximum absolute atomic E-state index is 12.4. The largest absolute Gasteiger partial charge is 0.481 e. The van der Waals surface area contributed by atoms with E-state index < -0.39 is 17.5 Å². The number of amides is 2. The lowest BCUT2D eigenvalue weighted by atomic mass is 9.81. The summed E-state index contributed by atoms with van der Waals surface area (Å²) >= 11 is 0. The van der Waals surface area contributed by atoms with E-state index in [-0.39, 0.29) is 57.1 Å². The lowest BCUT2D eigenvalue weighted by molar-refractivity contribution is -0.149. The van der Waals surface area contributed by atoms with Crippen molar-refractivity contribution < 1.29 is 29.0 Å². The quantitative estimate of drug-likeness (QED) is 0.533. The van der Waals surface area contributed by atoms with Gasteiger partial charge in [-0.3, -0.25) is 9.59 Å².